The quantitative estimate of drug-likeness (QED) is 0.0369. The van der Waals surface area contributed by atoms with Crippen LogP contribution >= 0.6 is 138 Å². The number of hydrogen-bond acceptors (Lipinski definition) is 24. The highest BCUT2D eigenvalue weighted by Crippen LogP contribution is 2.52. The average molecular weight is 2060 g/mol. The molecular weight excluding hydrogens is 1960 g/mol. The van der Waals surface area contributed by atoms with Crippen LogP contribution < -0.4 is 0 Å². The van der Waals surface area contributed by atoms with Crippen LogP contribution in [0.4, 0.5) is 0 Å². The Morgan fingerprint density at radius 2 is 0.511 bits per heavy atom. The summed E-state index contributed by atoms with van der Waals surface area (Å²) in [6, 6.07) is 56.9. The average Bonchev–Trinajstić information content (AvgIpc) is 1.55. The highest BCUT2D eigenvalue weighted by molar-refractivity contribution is 7.19. The molecule has 24 rings (SSSR count). The van der Waals surface area contributed by atoms with Gasteiger partial charge in [-0.2, -0.15) is 52.5 Å². The van der Waals surface area contributed by atoms with Crippen LogP contribution in [0.5, 0.6) is 0 Å². The third kappa shape index (κ3) is 20.3. The molecule has 6 bridgehead atoms. The molecule has 0 aliphatic heterocycles. The normalized spacial score (nSPS) is 14.6. The summed E-state index contributed by atoms with van der Waals surface area (Å²) in [7, 11) is 0. The van der Waals surface area contributed by atoms with E-state index in [2.05, 4.69) is 318 Å². The van der Waals surface area contributed by atoms with Crippen LogP contribution in [0.3, 0.4) is 0 Å². The molecule has 0 radical (unpaired) electrons. The number of allylic oxidation sites excluding steroid dienone is 30. The number of aromatic nitrogens is 12. The van der Waals surface area contributed by atoms with Crippen molar-refractivity contribution in [3.05, 3.63) is 352 Å². The first-order valence-electron chi connectivity index (χ1n) is 49.2. The molecule has 0 N–H and O–H groups in total. The lowest BCUT2D eigenvalue weighted by Crippen LogP contribution is -1.94. The first kappa shape index (κ1) is 94.4. The van der Waals surface area contributed by atoms with Gasteiger partial charge >= 0.3 is 0 Å². The summed E-state index contributed by atoms with van der Waals surface area (Å²) in [6.45, 7) is 9.14. The minimum Gasteiger partial charge on any atom is -0.173 e. The van der Waals surface area contributed by atoms with Crippen molar-refractivity contribution < 1.29 is 0 Å². The zero-order valence-electron chi connectivity index (χ0n) is 78.9. The van der Waals surface area contributed by atoms with Gasteiger partial charge in [0, 0.05) is 91.9 Å². The van der Waals surface area contributed by atoms with Crippen LogP contribution in [0.1, 0.15) is 201 Å². The molecule has 6 aliphatic rings. The molecule has 0 unspecified atom stereocenters. The van der Waals surface area contributed by atoms with Gasteiger partial charge in [0.1, 0.15) is 66.2 Å². The zero-order valence-corrected chi connectivity index (χ0v) is 88.7. The van der Waals surface area contributed by atoms with Crippen molar-refractivity contribution in [2.24, 2.45) is 0 Å². The van der Waals surface area contributed by atoms with Gasteiger partial charge < -0.3 is 0 Å². The summed E-state index contributed by atoms with van der Waals surface area (Å²) in [6.07, 6.45) is 68.6. The zero-order chi connectivity index (χ0) is 94.9. The van der Waals surface area contributed by atoms with Gasteiger partial charge in [-0.25, -0.2) is 0 Å². The summed E-state index contributed by atoms with van der Waals surface area (Å²) in [5.74, 6) is 0. The SMILES string of the molecule is C1=CC2=C(c3ccc(-c4cccc5nsnc45)s3)C=CC=C(C2)C(c2ccc(-c3cccc4nsnc34)s2)=C1.CCCCCCc1cc(-c2cccc3nsnc23)sc1C1=CC=CC2=C(c3sc(-c4cccc5nsnc45)cc3CCCCCC)C=CC=C1C2.CCCCCCc1cc(C2=CC=CC3=C(c4cc(CCCCCC)c(-c5cccc6nsnc56)s4)C=CC=C2C3)sc1-c1cccc2nsnc12. The fourth-order valence-electron chi connectivity index (χ4n) is 19.8. The molecule has 12 aromatic heterocycles. The van der Waals surface area contributed by atoms with Gasteiger partial charge in [0.2, 0.25) is 0 Å². The number of unbranched alkanes of at least 4 members (excludes halogenated alkanes) is 12. The van der Waals surface area contributed by atoms with Crippen molar-refractivity contribution in [2.75, 3.05) is 0 Å². The van der Waals surface area contributed by atoms with Gasteiger partial charge in [-0.15, -0.1) is 68.0 Å². The number of fused-ring (bicyclic) bond motifs is 12. The summed E-state index contributed by atoms with van der Waals surface area (Å²) < 4.78 is 55.0. The van der Waals surface area contributed by atoms with E-state index < -0.39 is 0 Å². The first-order valence-corrected chi connectivity index (χ1v) is 58.5. The van der Waals surface area contributed by atoms with Gasteiger partial charge in [0.25, 0.3) is 0 Å². The van der Waals surface area contributed by atoms with Crippen LogP contribution in [0.2, 0.25) is 0 Å². The van der Waals surface area contributed by atoms with Crippen LogP contribution in [0, 0.1) is 0 Å². The number of benzene rings is 6. The molecule has 24 heteroatoms. The second-order valence-corrected chi connectivity index (χ2v) is 45.9. The third-order valence-electron chi connectivity index (χ3n) is 27.0. The van der Waals surface area contributed by atoms with E-state index >= 15 is 0 Å². The lowest BCUT2D eigenvalue weighted by atomic mass is 9.93. The van der Waals surface area contributed by atoms with Crippen molar-refractivity contribution in [1.82, 2.24) is 52.5 Å². The minimum atomic E-state index is 0.891. The standard InChI is InChI=1S/2C43H42N4S4.C31H18N4S4/c1-3-5-7-9-15-30-26-38(34-21-13-23-36-40(34)46-50-44-36)48-42(30)32-19-11-18-29-25-28(32)17-12-20-33(29)43-31(16-10-8-6-4-2)27-39(49-43)35-22-14-24-37-41(35)47-51-45-37;1-3-5-7-9-15-30-26-38(48-42(30)34-21-13-23-36-40(34)46-50-44-36)32-19-11-18-29-25-28(32)17-12-20-33(29)39-27-31(16-10-8-6-4-2)43(49-39)35-22-14-24-37-41(35)47-51-45-37;1-5-18-17-19(20(7-1)26-13-15-28(36-26)22-9-3-11-24-30(22)34-38-32-24)6-2-8-21(18)27-14-16-29(37-27)23-10-4-12-25-31(23)35-39-33-25/h2*11-14,17-24,26-27H,3-10,15-16,25H2,1-2H3;1-16H,17H2. The molecular formula is C117H102N12S12. The Morgan fingerprint density at radius 3 is 0.936 bits per heavy atom. The molecule has 18 aromatic rings. The Kier molecular flexibility index (Phi) is 29.6. The molecule has 6 aromatic carbocycles. The Balaban J connectivity index is 0.000000123. The molecule has 12 heterocycles. The van der Waals surface area contributed by atoms with Crippen molar-refractivity contribution in [2.45, 2.75) is 175 Å². The number of rotatable bonds is 32. The molecule has 0 saturated carbocycles. The Labute approximate surface area is 872 Å². The van der Waals surface area contributed by atoms with Crippen LogP contribution in [0.25, 0.3) is 162 Å². The Hall–Kier alpha value is -11.5. The maximum absolute atomic E-state index is 4.73. The van der Waals surface area contributed by atoms with Crippen molar-refractivity contribution in [3.8, 4) is 62.6 Å². The lowest BCUT2D eigenvalue weighted by molar-refractivity contribution is 0.667. The van der Waals surface area contributed by atoms with Gasteiger partial charge in [0.15, 0.2) is 0 Å². The molecule has 0 fully saturated rings. The summed E-state index contributed by atoms with van der Waals surface area (Å²) in [4.78, 5) is 15.7. The summed E-state index contributed by atoms with van der Waals surface area (Å²) in [5.41, 5.74) is 40.9. The van der Waals surface area contributed by atoms with Crippen LogP contribution in [-0.4, -0.2) is 52.5 Å². The first-order chi connectivity index (χ1) is 69.7. The van der Waals surface area contributed by atoms with E-state index in [1.165, 1.54) is 343 Å². The molecule has 0 spiro atoms. The van der Waals surface area contributed by atoms with E-state index in [0.717, 1.165) is 122 Å². The smallest absolute Gasteiger partial charge is 0.113 e. The van der Waals surface area contributed by atoms with E-state index in [1.54, 1.807) is 0 Å². The monoisotopic (exact) mass is 2060 g/mol. The molecule has 6 aliphatic carbocycles. The summed E-state index contributed by atoms with van der Waals surface area (Å²) in [5, 5.41) is 0. The fraction of sp³-hybridized carbons (Fsp3) is 0.231. The van der Waals surface area contributed by atoms with Gasteiger partial charge in [0.05, 0.1) is 70.4 Å². The number of aryl methyl sites for hydroxylation is 4. The largest absolute Gasteiger partial charge is 0.173 e. The number of hydrogen-bond donors (Lipinski definition) is 0. The predicted octanol–water partition coefficient (Wildman–Crippen LogP) is 36.8. The second-order valence-electron chi connectivity index (χ2n) is 36.4. The molecule has 0 amide bonds. The second kappa shape index (κ2) is 44.2. The third-order valence-corrected chi connectivity index (χ3v) is 37.6. The maximum Gasteiger partial charge on any atom is 0.113 e. The number of nitrogens with zero attached hydrogens (tertiary/aromatic N) is 12. The summed E-state index contributed by atoms with van der Waals surface area (Å²) >= 11 is 19.1. The molecule has 702 valence electrons. The van der Waals surface area contributed by atoms with Gasteiger partial charge in [-0.3, -0.25) is 0 Å². The number of thiophene rings is 6. The Morgan fingerprint density at radius 1 is 0.220 bits per heavy atom. The predicted molar refractivity (Wildman–Crippen MR) is 613 cm³/mol. The van der Waals surface area contributed by atoms with Crippen molar-refractivity contribution in [1.29, 1.82) is 0 Å². The van der Waals surface area contributed by atoms with E-state index in [9.17, 15) is 0 Å². The maximum atomic E-state index is 4.73. The van der Waals surface area contributed by atoms with E-state index in [4.69, 9.17) is 17.5 Å². The van der Waals surface area contributed by atoms with Crippen molar-refractivity contribution >= 4 is 238 Å². The van der Waals surface area contributed by atoms with Crippen molar-refractivity contribution in [3.63, 3.8) is 0 Å². The highest BCUT2D eigenvalue weighted by Gasteiger charge is 2.30. The van der Waals surface area contributed by atoms with E-state index in [0.29, 0.717) is 0 Å². The molecule has 12 nitrogen and oxygen atoms in total. The lowest BCUT2D eigenvalue weighted by Gasteiger charge is -2.13. The fourth-order valence-corrected chi connectivity index (χ4v) is 30.5. The Bertz CT molecular complexity index is 8240. The minimum absolute atomic E-state index is 0.891. The van der Waals surface area contributed by atoms with Gasteiger partial charge in [-0.05, 0) is 245 Å². The molecule has 0 saturated heterocycles. The molecule has 141 heavy (non-hydrogen) atoms. The highest BCUT2D eigenvalue weighted by atomic mass is 32.2. The van der Waals surface area contributed by atoms with E-state index in [-0.39, 0.29) is 0 Å². The molecule has 0 atom stereocenters. The van der Waals surface area contributed by atoms with E-state index in [1.807, 2.05) is 80.2 Å². The van der Waals surface area contributed by atoms with Gasteiger partial charge in [-0.1, -0.05) is 287 Å². The van der Waals surface area contributed by atoms with Crippen LogP contribution in [-0.2, 0) is 25.7 Å². The topological polar surface area (TPSA) is 155 Å². The van der Waals surface area contributed by atoms with Crippen LogP contribution in [0.15, 0.2) is 301 Å².